The van der Waals surface area contributed by atoms with Crippen LogP contribution in [0.1, 0.15) is 44.7 Å². The molecule has 2 aromatic rings. The van der Waals surface area contributed by atoms with E-state index in [1.807, 2.05) is 0 Å². The van der Waals surface area contributed by atoms with Gasteiger partial charge in [-0.15, -0.1) is 0 Å². The molecule has 0 saturated carbocycles. The Balaban J connectivity index is 1.50. The molecule has 0 aliphatic carbocycles. The molecule has 2 aliphatic heterocycles. The molecule has 0 aromatic carbocycles. The molecule has 2 aromatic heterocycles. The molecule has 31 heavy (non-hydrogen) atoms. The largest absolute Gasteiger partial charge is 0.481 e. The molecule has 0 unspecified atom stereocenters. The number of fused-ring (bicyclic) bond motifs is 2. The van der Waals surface area contributed by atoms with Gasteiger partial charge < -0.3 is 20.5 Å². The van der Waals surface area contributed by atoms with Crippen LogP contribution >= 0.6 is 0 Å². The summed E-state index contributed by atoms with van der Waals surface area (Å²) in [5.41, 5.74) is 0.585. The first-order valence-electron chi connectivity index (χ1n) is 10.5. The maximum Gasteiger partial charge on any atom is 0.228 e. The fraction of sp³-hybridized carbons (Fsp3) is 0.632. The third-order valence-corrected chi connectivity index (χ3v) is 7.86. The first kappa shape index (κ1) is 21.8. The highest BCUT2D eigenvalue weighted by Gasteiger charge is 2.43. The van der Waals surface area contributed by atoms with Crippen molar-refractivity contribution < 1.29 is 18.3 Å². The summed E-state index contributed by atoms with van der Waals surface area (Å²) in [6.07, 6.45) is 4.26. The Morgan fingerprint density at radius 1 is 1.23 bits per heavy atom. The minimum Gasteiger partial charge on any atom is -0.481 e. The van der Waals surface area contributed by atoms with Gasteiger partial charge in [0.25, 0.3) is 0 Å². The third kappa shape index (κ3) is 4.75. The van der Waals surface area contributed by atoms with Crippen molar-refractivity contribution in [3.05, 3.63) is 17.8 Å². The van der Waals surface area contributed by atoms with E-state index in [0.717, 1.165) is 32.1 Å². The average molecular weight is 452 g/mol. The Kier molecular flexibility index (Phi) is 6.30. The van der Waals surface area contributed by atoms with Crippen molar-refractivity contribution >= 4 is 27.6 Å². The maximum atomic E-state index is 12.6. The van der Waals surface area contributed by atoms with Crippen LogP contribution < -0.4 is 15.4 Å². The number of ether oxygens (including phenoxy) is 1. The van der Waals surface area contributed by atoms with Gasteiger partial charge >= 0.3 is 0 Å². The normalized spacial score (nSPS) is 24.0. The minimum atomic E-state index is -3.21. The molecule has 0 amide bonds. The van der Waals surface area contributed by atoms with Crippen LogP contribution in [0.2, 0.25) is 0 Å². The summed E-state index contributed by atoms with van der Waals surface area (Å²) < 4.78 is 32.2. The van der Waals surface area contributed by atoms with Gasteiger partial charge in [0.2, 0.25) is 21.9 Å². The van der Waals surface area contributed by atoms with E-state index >= 15 is 0 Å². The second kappa shape index (κ2) is 8.97. The van der Waals surface area contributed by atoms with Gasteiger partial charge in [-0.25, -0.2) is 8.42 Å². The number of hydrogen-bond donors (Lipinski definition) is 4. The zero-order chi connectivity index (χ0) is 22.0. The van der Waals surface area contributed by atoms with Crippen molar-refractivity contribution in [1.29, 1.82) is 0 Å². The molecule has 170 valence electrons. The highest BCUT2D eigenvalue weighted by atomic mass is 32.2. The number of sulfonamides is 1. The van der Waals surface area contributed by atoms with E-state index in [9.17, 15) is 13.5 Å². The summed E-state index contributed by atoms with van der Waals surface area (Å²) >= 11 is 0. The number of aliphatic hydroxyl groups excluding tert-OH is 1. The van der Waals surface area contributed by atoms with Gasteiger partial charge in [0.15, 0.2) is 5.82 Å². The van der Waals surface area contributed by atoms with Crippen molar-refractivity contribution in [3.63, 3.8) is 0 Å². The lowest BCUT2D eigenvalue weighted by molar-refractivity contribution is 0.116. The molecule has 2 bridgehead atoms. The predicted molar refractivity (Wildman–Crippen MR) is 116 cm³/mol. The van der Waals surface area contributed by atoms with E-state index in [1.165, 1.54) is 7.11 Å². The summed E-state index contributed by atoms with van der Waals surface area (Å²) in [5.74, 6) is 1.95. The number of aromatic amines is 1. The first-order valence-corrected chi connectivity index (χ1v) is 12.2. The molecular weight excluding hydrogens is 422 g/mol. The number of piperidine rings is 2. The van der Waals surface area contributed by atoms with E-state index in [4.69, 9.17) is 4.74 Å². The minimum absolute atomic E-state index is 0.0131. The maximum absolute atomic E-state index is 12.6. The van der Waals surface area contributed by atoms with E-state index < -0.39 is 10.0 Å². The van der Waals surface area contributed by atoms with E-state index in [-0.39, 0.29) is 30.5 Å². The summed E-state index contributed by atoms with van der Waals surface area (Å²) in [5, 5.41) is 22.4. The van der Waals surface area contributed by atoms with E-state index in [2.05, 4.69) is 30.8 Å². The van der Waals surface area contributed by atoms with Gasteiger partial charge in [0.05, 0.1) is 25.2 Å². The van der Waals surface area contributed by atoms with Gasteiger partial charge in [-0.2, -0.15) is 19.4 Å². The molecule has 2 fully saturated rings. The van der Waals surface area contributed by atoms with Crippen LogP contribution in [0.4, 0.5) is 17.6 Å². The number of rotatable bonds is 8. The summed E-state index contributed by atoms with van der Waals surface area (Å²) in [6, 6.07) is 3.44. The van der Waals surface area contributed by atoms with Crippen LogP contribution in [0.25, 0.3) is 0 Å². The lowest BCUT2D eigenvalue weighted by atomic mass is 9.84. The van der Waals surface area contributed by atoms with Crippen molar-refractivity contribution in [2.45, 2.75) is 63.8 Å². The quantitative estimate of drug-likeness (QED) is 0.470. The van der Waals surface area contributed by atoms with Crippen LogP contribution in [-0.2, 0) is 16.6 Å². The molecule has 0 radical (unpaired) electrons. The number of nitrogens with one attached hydrogen (secondary N) is 3. The monoisotopic (exact) mass is 451 g/mol. The number of aliphatic hydroxyl groups is 1. The average Bonchev–Trinajstić information content (AvgIpc) is 3.20. The van der Waals surface area contributed by atoms with Gasteiger partial charge in [-0.3, -0.25) is 5.10 Å². The topological polar surface area (TPSA) is 145 Å². The lowest BCUT2D eigenvalue weighted by Crippen LogP contribution is -2.57. The lowest BCUT2D eigenvalue weighted by Gasteiger charge is -2.47. The second-order valence-electron chi connectivity index (χ2n) is 7.96. The van der Waals surface area contributed by atoms with E-state index in [0.29, 0.717) is 29.2 Å². The van der Waals surface area contributed by atoms with Crippen molar-refractivity contribution in [2.24, 2.45) is 0 Å². The molecule has 0 spiro atoms. The van der Waals surface area contributed by atoms with Gasteiger partial charge in [0.1, 0.15) is 5.82 Å². The molecule has 4 N–H and O–H groups in total. The fourth-order valence-electron chi connectivity index (χ4n) is 4.54. The molecule has 3 atom stereocenters. The molecular formula is C19H29N7O4S. The van der Waals surface area contributed by atoms with Crippen LogP contribution in [-0.4, -0.2) is 69.0 Å². The summed E-state index contributed by atoms with van der Waals surface area (Å²) in [7, 11) is -1.68. The third-order valence-electron chi connectivity index (χ3n) is 5.90. The molecule has 4 rings (SSSR count). The molecule has 11 nitrogen and oxygen atoms in total. The Bertz CT molecular complexity index is 998. The molecule has 2 aliphatic rings. The zero-order valence-electron chi connectivity index (χ0n) is 17.7. The van der Waals surface area contributed by atoms with Gasteiger partial charge in [-0.05, 0) is 32.6 Å². The Labute approximate surface area is 181 Å². The smallest absolute Gasteiger partial charge is 0.228 e. The summed E-state index contributed by atoms with van der Waals surface area (Å²) in [4.78, 5) is 8.92. The number of H-pyrrole nitrogens is 1. The predicted octanol–water partition coefficient (Wildman–Crippen LogP) is 1.59. The van der Waals surface area contributed by atoms with Crippen molar-refractivity contribution in [3.8, 4) is 5.88 Å². The SMILES string of the molecule is CCS(=O)(=O)N1[C@@H]2CCC[C@H]1C[C@H](Nc1nc(Nc3cc(CO)[nH]n3)cc(OC)n1)C2. The zero-order valence-corrected chi connectivity index (χ0v) is 18.5. The van der Waals surface area contributed by atoms with Gasteiger partial charge in [-0.1, -0.05) is 6.42 Å². The van der Waals surface area contributed by atoms with Crippen molar-refractivity contribution in [2.75, 3.05) is 23.5 Å². The summed E-state index contributed by atoms with van der Waals surface area (Å²) in [6.45, 7) is 1.57. The molecule has 12 heteroatoms. The Morgan fingerprint density at radius 3 is 2.58 bits per heavy atom. The highest BCUT2D eigenvalue weighted by molar-refractivity contribution is 7.89. The number of aromatic nitrogens is 4. The number of methoxy groups -OCH3 is 1. The van der Waals surface area contributed by atoms with Crippen molar-refractivity contribution in [1.82, 2.24) is 24.5 Å². The van der Waals surface area contributed by atoms with Crippen LogP contribution in [0.5, 0.6) is 5.88 Å². The van der Waals surface area contributed by atoms with Crippen LogP contribution in [0.15, 0.2) is 12.1 Å². The van der Waals surface area contributed by atoms with Gasteiger partial charge in [0, 0.05) is 30.3 Å². The Hall–Kier alpha value is -2.44. The standard InChI is InChI=1S/C19H29N7O4S/c1-3-31(28,29)26-14-5-4-6-15(26)8-12(7-14)20-19-22-16(10-18(23-19)30-2)21-17-9-13(11-27)24-25-17/h9-10,12,14-15,27H,3-8,11H2,1-2H3,(H3,20,21,22,23,24,25)/t12-,14-,15+. The fourth-order valence-corrected chi connectivity index (χ4v) is 6.13. The number of hydrogen-bond acceptors (Lipinski definition) is 9. The number of nitrogens with zero attached hydrogens (tertiary/aromatic N) is 4. The van der Waals surface area contributed by atoms with E-state index in [1.54, 1.807) is 23.4 Å². The van der Waals surface area contributed by atoms with Crippen LogP contribution in [0.3, 0.4) is 0 Å². The molecule has 4 heterocycles. The second-order valence-corrected chi connectivity index (χ2v) is 10.1. The Morgan fingerprint density at radius 2 is 1.97 bits per heavy atom. The van der Waals surface area contributed by atoms with Crippen LogP contribution in [0, 0.1) is 0 Å². The number of anilines is 3. The first-order chi connectivity index (χ1) is 14.9. The molecule has 2 saturated heterocycles. The highest BCUT2D eigenvalue weighted by Crippen LogP contribution is 2.37.